The molecule has 23 heavy (non-hydrogen) atoms. The number of benzene rings is 2. The van der Waals surface area contributed by atoms with Gasteiger partial charge in [-0.3, -0.25) is 4.79 Å². The summed E-state index contributed by atoms with van der Waals surface area (Å²) in [4.78, 5) is 12.1. The lowest BCUT2D eigenvalue weighted by Gasteiger charge is -2.23. The number of rotatable bonds is 4. The third-order valence-corrected chi connectivity index (χ3v) is 3.38. The van der Waals surface area contributed by atoms with Crippen LogP contribution < -0.4 is 10.6 Å². The van der Waals surface area contributed by atoms with E-state index in [9.17, 15) is 13.6 Å². The van der Waals surface area contributed by atoms with Crippen LogP contribution in [0.15, 0.2) is 42.5 Å². The van der Waals surface area contributed by atoms with Crippen LogP contribution in [0.4, 0.5) is 20.2 Å². The minimum atomic E-state index is -0.950. The van der Waals surface area contributed by atoms with Gasteiger partial charge in [-0.15, -0.1) is 0 Å². The number of anilines is 2. The van der Waals surface area contributed by atoms with Crippen LogP contribution in [0, 0.1) is 11.6 Å². The number of hydrogen-bond donors (Lipinski definition) is 2. The van der Waals surface area contributed by atoms with Crippen LogP contribution in [0.3, 0.4) is 0 Å². The molecule has 1 amide bonds. The lowest BCUT2D eigenvalue weighted by molar-refractivity contribution is -0.114. The van der Waals surface area contributed by atoms with Crippen molar-refractivity contribution in [3.63, 3.8) is 0 Å². The first-order valence-electron chi connectivity index (χ1n) is 7.35. The van der Waals surface area contributed by atoms with Gasteiger partial charge in [0.2, 0.25) is 5.91 Å². The molecule has 0 aliphatic carbocycles. The zero-order chi connectivity index (χ0) is 17.0. The summed E-state index contributed by atoms with van der Waals surface area (Å²) in [6, 6.07) is 11.0. The van der Waals surface area contributed by atoms with E-state index >= 15 is 0 Å². The number of amides is 1. The fourth-order valence-electron chi connectivity index (χ4n) is 2.23. The lowest BCUT2D eigenvalue weighted by Crippen LogP contribution is -2.24. The first-order valence-corrected chi connectivity index (χ1v) is 7.35. The van der Waals surface area contributed by atoms with Crippen molar-refractivity contribution in [1.29, 1.82) is 0 Å². The average Bonchev–Trinajstić information content (AvgIpc) is 2.48. The second-order valence-electron chi connectivity index (χ2n) is 6.33. The Labute approximate surface area is 134 Å². The summed E-state index contributed by atoms with van der Waals surface area (Å²) in [5, 5.41) is 5.62. The van der Waals surface area contributed by atoms with Crippen LogP contribution in [-0.2, 0) is 10.2 Å². The van der Waals surface area contributed by atoms with E-state index in [0.29, 0.717) is 5.69 Å². The minimum absolute atomic E-state index is 0.0381. The van der Waals surface area contributed by atoms with Crippen molar-refractivity contribution >= 4 is 17.3 Å². The van der Waals surface area contributed by atoms with Gasteiger partial charge in [-0.25, -0.2) is 8.78 Å². The van der Waals surface area contributed by atoms with E-state index in [-0.39, 0.29) is 17.9 Å². The van der Waals surface area contributed by atoms with E-state index in [0.717, 1.165) is 23.4 Å². The summed E-state index contributed by atoms with van der Waals surface area (Å²) in [6.07, 6.45) is 0. The number of halogens is 2. The van der Waals surface area contributed by atoms with E-state index < -0.39 is 11.6 Å². The maximum atomic E-state index is 13.1. The first kappa shape index (κ1) is 16.9. The van der Waals surface area contributed by atoms with Crippen molar-refractivity contribution < 1.29 is 13.6 Å². The highest BCUT2D eigenvalue weighted by Gasteiger charge is 2.18. The molecular formula is C18H20F2N2O. The van der Waals surface area contributed by atoms with Gasteiger partial charge >= 0.3 is 0 Å². The highest BCUT2D eigenvalue weighted by atomic mass is 19.2. The second-order valence-corrected chi connectivity index (χ2v) is 6.33. The van der Waals surface area contributed by atoms with Gasteiger partial charge in [0.25, 0.3) is 0 Å². The molecule has 0 atom stereocenters. The molecule has 2 aromatic carbocycles. The smallest absolute Gasteiger partial charge is 0.243 e. The Morgan fingerprint density at radius 1 is 1.04 bits per heavy atom. The Kier molecular flexibility index (Phi) is 4.98. The summed E-state index contributed by atoms with van der Waals surface area (Å²) in [5.74, 6) is -2.13. The summed E-state index contributed by atoms with van der Waals surface area (Å²) in [6.45, 7) is 6.16. The zero-order valence-corrected chi connectivity index (χ0v) is 13.4. The third kappa shape index (κ3) is 4.52. The Bertz CT molecular complexity index is 708. The molecule has 0 spiro atoms. The molecule has 3 nitrogen and oxygen atoms in total. The molecule has 0 bridgehead atoms. The van der Waals surface area contributed by atoms with Crippen molar-refractivity contribution in [2.45, 2.75) is 26.2 Å². The molecule has 0 heterocycles. The molecule has 0 saturated carbocycles. The number of carbonyl (C=O) groups is 1. The number of carbonyl (C=O) groups excluding carboxylic acids is 1. The molecule has 2 aromatic rings. The molecule has 2 rings (SSSR count). The van der Waals surface area contributed by atoms with Gasteiger partial charge in [0.05, 0.1) is 6.54 Å². The topological polar surface area (TPSA) is 41.1 Å². The molecule has 0 aliphatic rings. The molecule has 0 unspecified atom stereocenters. The SMILES string of the molecule is CC(C)(C)c1ccccc1NC(=O)CNc1ccc(F)c(F)c1. The van der Waals surface area contributed by atoms with Crippen molar-refractivity contribution in [2.24, 2.45) is 0 Å². The van der Waals surface area contributed by atoms with Crippen molar-refractivity contribution in [1.82, 2.24) is 0 Å². The quantitative estimate of drug-likeness (QED) is 0.882. The van der Waals surface area contributed by atoms with Crippen LogP contribution in [0.25, 0.3) is 0 Å². The van der Waals surface area contributed by atoms with Crippen LogP contribution in [0.2, 0.25) is 0 Å². The van der Waals surface area contributed by atoms with Gasteiger partial charge in [0, 0.05) is 17.4 Å². The predicted octanol–water partition coefficient (Wildman–Crippen LogP) is 4.31. The zero-order valence-electron chi connectivity index (χ0n) is 13.4. The normalized spacial score (nSPS) is 11.2. The minimum Gasteiger partial charge on any atom is -0.376 e. The predicted molar refractivity (Wildman–Crippen MR) is 88.6 cm³/mol. The summed E-state index contributed by atoms with van der Waals surface area (Å²) in [5.41, 5.74) is 2.03. The van der Waals surface area contributed by atoms with Crippen molar-refractivity contribution in [2.75, 3.05) is 17.2 Å². The highest BCUT2D eigenvalue weighted by molar-refractivity contribution is 5.94. The average molecular weight is 318 g/mol. The van der Waals surface area contributed by atoms with Gasteiger partial charge in [0.1, 0.15) is 0 Å². The summed E-state index contributed by atoms with van der Waals surface area (Å²) >= 11 is 0. The van der Waals surface area contributed by atoms with E-state index in [2.05, 4.69) is 31.4 Å². The van der Waals surface area contributed by atoms with Crippen molar-refractivity contribution in [3.8, 4) is 0 Å². The number of para-hydroxylation sites is 1. The van der Waals surface area contributed by atoms with Gasteiger partial charge in [-0.1, -0.05) is 39.0 Å². The summed E-state index contributed by atoms with van der Waals surface area (Å²) < 4.78 is 26.0. The molecule has 0 fully saturated rings. The van der Waals surface area contributed by atoms with E-state index in [1.165, 1.54) is 6.07 Å². The van der Waals surface area contributed by atoms with Crippen LogP contribution in [0.1, 0.15) is 26.3 Å². The Balaban J connectivity index is 2.02. The molecule has 122 valence electrons. The highest BCUT2D eigenvalue weighted by Crippen LogP contribution is 2.29. The van der Waals surface area contributed by atoms with Crippen LogP contribution >= 0.6 is 0 Å². The standard InChI is InChI=1S/C18H20F2N2O/c1-18(2,3)13-6-4-5-7-16(13)22-17(23)11-21-12-8-9-14(19)15(20)10-12/h4-10,21H,11H2,1-3H3,(H,22,23). The van der Waals surface area contributed by atoms with Gasteiger partial charge < -0.3 is 10.6 Å². The Morgan fingerprint density at radius 2 is 1.74 bits per heavy atom. The maximum Gasteiger partial charge on any atom is 0.243 e. The molecular weight excluding hydrogens is 298 g/mol. The molecule has 0 saturated heterocycles. The molecule has 0 aliphatic heterocycles. The fourth-order valence-corrected chi connectivity index (χ4v) is 2.23. The monoisotopic (exact) mass is 318 g/mol. The molecule has 5 heteroatoms. The molecule has 0 aromatic heterocycles. The largest absolute Gasteiger partial charge is 0.376 e. The first-order chi connectivity index (χ1) is 10.8. The second kappa shape index (κ2) is 6.77. The Hall–Kier alpha value is -2.43. The lowest BCUT2D eigenvalue weighted by atomic mass is 9.86. The van der Waals surface area contributed by atoms with E-state index in [1.807, 2.05) is 24.3 Å². The van der Waals surface area contributed by atoms with Crippen molar-refractivity contribution in [3.05, 3.63) is 59.7 Å². The summed E-state index contributed by atoms with van der Waals surface area (Å²) in [7, 11) is 0. The van der Waals surface area contributed by atoms with E-state index in [1.54, 1.807) is 0 Å². The van der Waals surface area contributed by atoms with E-state index in [4.69, 9.17) is 0 Å². The van der Waals surface area contributed by atoms with Gasteiger partial charge in [0.15, 0.2) is 11.6 Å². The van der Waals surface area contributed by atoms with Gasteiger partial charge in [-0.05, 0) is 29.2 Å². The molecule has 2 N–H and O–H groups in total. The number of nitrogens with one attached hydrogen (secondary N) is 2. The Morgan fingerprint density at radius 3 is 2.39 bits per heavy atom. The van der Waals surface area contributed by atoms with Crippen LogP contribution in [0.5, 0.6) is 0 Å². The number of hydrogen-bond acceptors (Lipinski definition) is 2. The molecule has 0 radical (unpaired) electrons. The third-order valence-electron chi connectivity index (χ3n) is 3.38. The maximum absolute atomic E-state index is 13.1. The van der Waals surface area contributed by atoms with Crippen LogP contribution in [-0.4, -0.2) is 12.5 Å². The fraction of sp³-hybridized carbons (Fsp3) is 0.278. The van der Waals surface area contributed by atoms with Gasteiger partial charge in [-0.2, -0.15) is 0 Å².